The SMILES string of the molecule is CCOC(=O)C1=C(C)N=c2s/c(=C/c3cn(C)c4ccccc34)c(=O)n2[C@@H]1c1ccccc1OCC. The molecule has 0 N–H and O–H groups in total. The Labute approximate surface area is 212 Å². The lowest BCUT2D eigenvalue weighted by Gasteiger charge is -2.26. The number of para-hydroxylation sites is 2. The second kappa shape index (κ2) is 9.62. The number of nitrogens with zero attached hydrogens (tertiary/aromatic N) is 3. The summed E-state index contributed by atoms with van der Waals surface area (Å²) in [7, 11) is 1.99. The van der Waals surface area contributed by atoms with Gasteiger partial charge in [-0.15, -0.1) is 0 Å². The summed E-state index contributed by atoms with van der Waals surface area (Å²) in [6.45, 7) is 6.12. The van der Waals surface area contributed by atoms with E-state index in [1.54, 1.807) is 18.4 Å². The number of thiazole rings is 1. The van der Waals surface area contributed by atoms with Gasteiger partial charge in [-0.1, -0.05) is 47.7 Å². The minimum atomic E-state index is -0.710. The second-order valence-electron chi connectivity index (χ2n) is 8.49. The van der Waals surface area contributed by atoms with Crippen molar-refractivity contribution in [3.63, 3.8) is 0 Å². The molecular weight excluding hydrogens is 474 g/mol. The molecule has 0 amide bonds. The normalized spacial score (nSPS) is 15.7. The maximum atomic E-state index is 13.9. The fraction of sp³-hybridized carbons (Fsp3) is 0.250. The van der Waals surface area contributed by atoms with Crippen LogP contribution in [0.5, 0.6) is 5.75 Å². The summed E-state index contributed by atoms with van der Waals surface area (Å²) < 4.78 is 15.5. The number of rotatable bonds is 6. The molecule has 0 saturated carbocycles. The van der Waals surface area contributed by atoms with Crippen molar-refractivity contribution in [2.75, 3.05) is 13.2 Å². The predicted molar refractivity (Wildman–Crippen MR) is 141 cm³/mol. The maximum Gasteiger partial charge on any atom is 0.338 e. The summed E-state index contributed by atoms with van der Waals surface area (Å²) in [5.41, 5.74) is 3.41. The number of carbonyl (C=O) groups excluding carboxylic acids is 1. The topological polar surface area (TPSA) is 74.8 Å². The van der Waals surface area contributed by atoms with Gasteiger partial charge in [0.1, 0.15) is 11.8 Å². The monoisotopic (exact) mass is 501 g/mol. The number of esters is 1. The molecule has 0 bridgehead atoms. The molecule has 0 fully saturated rings. The number of carbonyl (C=O) groups is 1. The van der Waals surface area contributed by atoms with Crippen LogP contribution in [-0.4, -0.2) is 28.3 Å². The Balaban J connectivity index is 1.77. The van der Waals surface area contributed by atoms with Crippen LogP contribution in [0.25, 0.3) is 17.0 Å². The van der Waals surface area contributed by atoms with Crippen molar-refractivity contribution in [1.82, 2.24) is 9.13 Å². The molecule has 0 radical (unpaired) electrons. The largest absolute Gasteiger partial charge is 0.494 e. The van der Waals surface area contributed by atoms with Crippen LogP contribution in [-0.2, 0) is 16.6 Å². The van der Waals surface area contributed by atoms with E-state index in [0.717, 1.165) is 22.0 Å². The Hall–Kier alpha value is -3.91. The van der Waals surface area contributed by atoms with Crippen molar-refractivity contribution in [3.8, 4) is 5.75 Å². The molecule has 8 heteroatoms. The average molecular weight is 502 g/mol. The van der Waals surface area contributed by atoms with Crippen LogP contribution < -0.4 is 19.6 Å². The molecule has 0 saturated heterocycles. The lowest BCUT2D eigenvalue weighted by molar-refractivity contribution is -0.139. The van der Waals surface area contributed by atoms with Gasteiger partial charge in [0.15, 0.2) is 4.80 Å². The third kappa shape index (κ3) is 3.97. The number of allylic oxidation sites excluding steroid dienone is 1. The van der Waals surface area contributed by atoms with Gasteiger partial charge in [-0.2, -0.15) is 0 Å². The Bertz CT molecular complexity index is 1690. The van der Waals surface area contributed by atoms with E-state index in [-0.39, 0.29) is 12.2 Å². The molecule has 1 atom stereocenters. The zero-order valence-electron chi connectivity index (χ0n) is 20.6. The van der Waals surface area contributed by atoms with E-state index in [1.165, 1.54) is 11.3 Å². The third-order valence-electron chi connectivity index (χ3n) is 6.24. The molecule has 0 unspecified atom stereocenters. The van der Waals surface area contributed by atoms with Gasteiger partial charge in [0, 0.05) is 35.3 Å². The van der Waals surface area contributed by atoms with Crippen LogP contribution in [0.2, 0.25) is 0 Å². The van der Waals surface area contributed by atoms with Crippen molar-refractivity contribution in [2.24, 2.45) is 12.0 Å². The second-order valence-corrected chi connectivity index (χ2v) is 9.49. The predicted octanol–water partition coefficient (Wildman–Crippen LogP) is 3.69. The number of benzene rings is 2. The first-order valence-electron chi connectivity index (χ1n) is 11.9. The Morgan fingerprint density at radius 1 is 1.11 bits per heavy atom. The fourth-order valence-electron chi connectivity index (χ4n) is 4.71. The average Bonchev–Trinajstić information content (AvgIpc) is 3.35. The summed E-state index contributed by atoms with van der Waals surface area (Å²) in [6.07, 6.45) is 3.92. The molecule has 1 aliphatic heterocycles. The quantitative estimate of drug-likeness (QED) is 0.378. The van der Waals surface area contributed by atoms with Crippen LogP contribution in [0.3, 0.4) is 0 Å². The molecule has 184 valence electrons. The van der Waals surface area contributed by atoms with E-state index < -0.39 is 12.0 Å². The summed E-state index contributed by atoms with van der Waals surface area (Å²) in [4.78, 5) is 32.2. The standard InChI is InChI=1S/C28H27N3O4S/c1-5-34-22-14-10-8-12-20(22)25-24(27(33)35-6-2)17(3)29-28-31(25)26(32)23(36-28)15-18-16-30(4)21-13-9-7-11-19(18)21/h7-16,25H,5-6H2,1-4H3/b23-15+/t25-/m1/s1. The molecule has 3 heterocycles. The van der Waals surface area contributed by atoms with E-state index in [4.69, 9.17) is 9.47 Å². The van der Waals surface area contributed by atoms with Crippen molar-refractivity contribution in [3.05, 3.63) is 96.8 Å². The number of hydrogen-bond acceptors (Lipinski definition) is 6. The number of aryl methyl sites for hydroxylation is 1. The van der Waals surface area contributed by atoms with E-state index in [0.29, 0.717) is 33.0 Å². The van der Waals surface area contributed by atoms with Crippen LogP contribution in [0, 0.1) is 0 Å². The van der Waals surface area contributed by atoms with Gasteiger partial charge in [-0.3, -0.25) is 9.36 Å². The molecule has 36 heavy (non-hydrogen) atoms. The summed E-state index contributed by atoms with van der Waals surface area (Å²) in [5.74, 6) is 0.128. The van der Waals surface area contributed by atoms with E-state index in [9.17, 15) is 9.59 Å². The number of hydrogen-bond donors (Lipinski definition) is 0. The molecule has 1 aliphatic rings. The first kappa shape index (κ1) is 23.8. The van der Waals surface area contributed by atoms with E-state index >= 15 is 0 Å². The summed E-state index contributed by atoms with van der Waals surface area (Å²) in [6, 6.07) is 14.9. The molecule has 4 aromatic rings. The molecule has 0 spiro atoms. The minimum absolute atomic E-state index is 0.211. The van der Waals surface area contributed by atoms with Crippen LogP contribution in [0.4, 0.5) is 0 Å². The van der Waals surface area contributed by atoms with Crippen molar-refractivity contribution >= 4 is 34.3 Å². The number of fused-ring (bicyclic) bond motifs is 2. The molecule has 2 aromatic heterocycles. The lowest BCUT2D eigenvalue weighted by atomic mass is 9.95. The zero-order valence-corrected chi connectivity index (χ0v) is 21.5. The minimum Gasteiger partial charge on any atom is -0.494 e. The fourth-order valence-corrected chi connectivity index (χ4v) is 5.75. The summed E-state index contributed by atoms with van der Waals surface area (Å²) >= 11 is 1.31. The van der Waals surface area contributed by atoms with Gasteiger partial charge in [-0.25, -0.2) is 9.79 Å². The van der Waals surface area contributed by atoms with Gasteiger partial charge in [0.25, 0.3) is 5.56 Å². The van der Waals surface area contributed by atoms with Gasteiger partial charge in [0.2, 0.25) is 0 Å². The highest BCUT2D eigenvalue weighted by Crippen LogP contribution is 2.35. The van der Waals surface area contributed by atoms with Crippen molar-refractivity contribution < 1.29 is 14.3 Å². The molecular formula is C28H27N3O4S. The van der Waals surface area contributed by atoms with Gasteiger partial charge < -0.3 is 14.0 Å². The molecule has 7 nitrogen and oxygen atoms in total. The van der Waals surface area contributed by atoms with Gasteiger partial charge >= 0.3 is 5.97 Å². The number of ether oxygens (including phenoxy) is 2. The van der Waals surface area contributed by atoms with Gasteiger partial charge in [-0.05, 0) is 39.0 Å². The van der Waals surface area contributed by atoms with E-state index in [2.05, 4.69) is 4.99 Å². The molecule has 0 aliphatic carbocycles. The zero-order chi connectivity index (χ0) is 25.4. The highest BCUT2D eigenvalue weighted by molar-refractivity contribution is 7.07. The number of aromatic nitrogens is 2. The third-order valence-corrected chi connectivity index (χ3v) is 7.23. The maximum absolute atomic E-state index is 13.9. The van der Waals surface area contributed by atoms with Crippen LogP contribution in [0.15, 0.2) is 75.8 Å². The van der Waals surface area contributed by atoms with Crippen LogP contribution in [0.1, 0.15) is 37.9 Å². The first-order valence-corrected chi connectivity index (χ1v) is 12.7. The Morgan fingerprint density at radius 3 is 2.64 bits per heavy atom. The van der Waals surface area contributed by atoms with Gasteiger partial charge in [0.05, 0.1) is 29.0 Å². The Morgan fingerprint density at radius 2 is 1.86 bits per heavy atom. The van der Waals surface area contributed by atoms with Crippen molar-refractivity contribution in [2.45, 2.75) is 26.8 Å². The lowest BCUT2D eigenvalue weighted by Crippen LogP contribution is -2.40. The highest BCUT2D eigenvalue weighted by Gasteiger charge is 2.35. The smallest absolute Gasteiger partial charge is 0.338 e. The summed E-state index contributed by atoms with van der Waals surface area (Å²) in [5, 5.41) is 1.06. The van der Waals surface area contributed by atoms with Crippen molar-refractivity contribution in [1.29, 1.82) is 0 Å². The molecule has 5 rings (SSSR count). The van der Waals surface area contributed by atoms with E-state index in [1.807, 2.05) is 79.3 Å². The molecule has 2 aromatic carbocycles. The first-order chi connectivity index (χ1) is 17.4. The van der Waals surface area contributed by atoms with Crippen LogP contribution >= 0.6 is 11.3 Å². The highest BCUT2D eigenvalue weighted by atomic mass is 32.1. The Kier molecular flexibility index (Phi) is 6.36.